The van der Waals surface area contributed by atoms with Crippen LogP contribution < -0.4 is 5.32 Å². The fourth-order valence-corrected chi connectivity index (χ4v) is 3.60. The fraction of sp³-hybridized carbons (Fsp3) is 0.889. The number of hydrogen-bond acceptors (Lipinski definition) is 3. The summed E-state index contributed by atoms with van der Waals surface area (Å²) in [5.41, 5.74) is 0. The third-order valence-electron chi connectivity index (χ3n) is 5.34. The molecule has 3 heteroatoms. The van der Waals surface area contributed by atoms with Crippen molar-refractivity contribution in [3.63, 3.8) is 0 Å². The second kappa shape index (κ2) is 8.92. The Morgan fingerprint density at radius 2 is 1.95 bits per heavy atom. The van der Waals surface area contributed by atoms with Crippen molar-refractivity contribution in [3.8, 4) is 0 Å². The normalized spacial score (nSPS) is 29.7. The van der Waals surface area contributed by atoms with Crippen LogP contribution >= 0.6 is 0 Å². The Labute approximate surface area is 130 Å². The molecule has 0 aromatic carbocycles. The highest BCUT2D eigenvalue weighted by Crippen LogP contribution is 2.27. The first-order valence-electron chi connectivity index (χ1n) is 8.81. The maximum absolute atomic E-state index is 10.0. The molecule has 0 aromatic rings. The molecule has 122 valence electrons. The molecule has 0 heterocycles. The van der Waals surface area contributed by atoms with E-state index in [2.05, 4.69) is 31.3 Å². The summed E-state index contributed by atoms with van der Waals surface area (Å²) in [7, 11) is 0. The Morgan fingerprint density at radius 1 is 1.24 bits per heavy atom. The predicted molar refractivity (Wildman–Crippen MR) is 87.3 cm³/mol. The molecule has 1 saturated carbocycles. The van der Waals surface area contributed by atoms with E-state index < -0.39 is 0 Å². The minimum Gasteiger partial charge on any atom is -0.389 e. The van der Waals surface area contributed by atoms with Crippen LogP contribution in [0.25, 0.3) is 0 Å². The van der Waals surface area contributed by atoms with Crippen LogP contribution in [0.15, 0.2) is 12.2 Å². The molecule has 2 aliphatic carbocycles. The highest BCUT2D eigenvalue weighted by Gasteiger charge is 2.22. The lowest BCUT2D eigenvalue weighted by Crippen LogP contribution is -2.39. The average molecular weight is 295 g/mol. The summed E-state index contributed by atoms with van der Waals surface area (Å²) in [5.74, 6) is 2.12. The Morgan fingerprint density at radius 3 is 2.67 bits per heavy atom. The summed E-state index contributed by atoms with van der Waals surface area (Å²) in [5, 5.41) is 13.5. The zero-order valence-electron chi connectivity index (χ0n) is 13.8. The number of aliphatic hydroxyl groups is 1. The SMILES string of the molecule is CC1CC=CCC1COCC(O)CN[C@@H](C)C1CCCC1. The number of aliphatic hydroxyl groups excluding tert-OH is 1. The van der Waals surface area contributed by atoms with E-state index in [-0.39, 0.29) is 6.10 Å². The average Bonchev–Trinajstić information content (AvgIpc) is 3.01. The van der Waals surface area contributed by atoms with Crippen LogP contribution in [0.4, 0.5) is 0 Å². The van der Waals surface area contributed by atoms with Crippen molar-refractivity contribution in [3.05, 3.63) is 12.2 Å². The summed E-state index contributed by atoms with van der Waals surface area (Å²) in [6.45, 7) is 6.42. The topological polar surface area (TPSA) is 41.5 Å². The van der Waals surface area contributed by atoms with Crippen LogP contribution in [-0.2, 0) is 4.74 Å². The summed E-state index contributed by atoms with van der Waals surface area (Å²) in [6.07, 6.45) is 11.8. The molecule has 4 atom stereocenters. The van der Waals surface area contributed by atoms with E-state index in [1.807, 2.05) is 0 Å². The zero-order valence-corrected chi connectivity index (χ0v) is 13.8. The van der Waals surface area contributed by atoms with Crippen LogP contribution in [-0.4, -0.2) is 37.0 Å². The molecule has 0 aromatic heterocycles. The van der Waals surface area contributed by atoms with E-state index in [0.29, 0.717) is 31.0 Å². The molecule has 0 aliphatic heterocycles. The summed E-state index contributed by atoms with van der Waals surface area (Å²) in [6, 6.07) is 0.519. The Hall–Kier alpha value is -0.380. The molecule has 2 rings (SSSR count). The monoisotopic (exact) mass is 295 g/mol. The van der Waals surface area contributed by atoms with Gasteiger partial charge in [-0.2, -0.15) is 0 Å². The molecular weight excluding hydrogens is 262 g/mol. The molecule has 1 fully saturated rings. The van der Waals surface area contributed by atoms with Gasteiger partial charge in [-0.25, -0.2) is 0 Å². The number of nitrogens with one attached hydrogen (secondary N) is 1. The molecule has 2 N–H and O–H groups in total. The van der Waals surface area contributed by atoms with Crippen LogP contribution in [0.3, 0.4) is 0 Å². The molecule has 0 spiro atoms. The number of ether oxygens (including phenoxy) is 1. The fourth-order valence-electron chi connectivity index (χ4n) is 3.60. The second-order valence-corrected chi connectivity index (χ2v) is 7.11. The molecule has 0 saturated heterocycles. The molecule has 0 radical (unpaired) electrons. The standard InChI is InChI=1S/C18H33NO2/c1-14-7-3-4-10-17(14)12-21-13-18(20)11-19-15(2)16-8-5-6-9-16/h3-4,14-20H,5-13H2,1-2H3/t14?,15-,17?,18?/m0/s1. The van der Waals surface area contributed by atoms with Crippen LogP contribution in [0, 0.1) is 17.8 Å². The molecule has 0 amide bonds. The molecule has 3 unspecified atom stereocenters. The van der Waals surface area contributed by atoms with Crippen molar-refractivity contribution >= 4 is 0 Å². The molecule has 21 heavy (non-hydrogen) atoms. The minimum absolute atomic E-state index is 0.386. The third-order valence-corrected chi connectivity index (χ3v) is 5.34. The van der Waals surface area contributed by atoms with Gasteiger partial charge in [-0.3, -0.25) is 0 Å². The predicted octanol–water partition coefficient (Wildman–Crippen LogP) is 3.13. The van der Waals surface area contributed by atoms with Gasteiger partial charge in [-0.1, -0.05) is 31.9 Å². The van der Waals surface area contributed by atoms with Crippen molar-refractivity contribution in [1.29, 1.82) is 0 Å². The Balaban J connectivity index is 1.54. The van der Waals surface area contributed by atoms with Gasteiger partial charge in [0.25, 0.3) is 0 Å². The minimum atomic E-state index is -0.386. The van der Waals surface area contributed by atoms with Gasteiger partial charge in [0, 0.05) is 12.6 Å². The summed E-state index contributed by atoms with van der Waals surface area (Å²) in [4.78, 5) is 0. The van der Waals surface area contributed by atoms with Gasteiger partial charge in [0.15, 0.2) is 0 Å². The van der Waals surface area contributed by atoms with Crippen molar-refractivity contribution in [2.24, 2.45) is 17.8 Å². The van der Waals surface area contributed by atoms with Crippen LogP contribution in [0.1, 0.15) is 52.4 Å². The molecular formula is C18H33NO2. The van der Waals surface area contributed by atoms with E-state index in [1.165, 1.54) is 25.7 Å². The Bertz CT molecular complexity index is 312. The first-order chi connectivity index (χ1) is 10.2. The lowest BCUT2D eigenvalue weighted by molar-refractivity contribution is 0.0114. The maximum atomic E-state index is 10.0. The Kier molecular flexibility index (Phi) is 7.21. The third kappa shape index (κ3) is 5.72. The van der Waals surface area contributed by atoms with E-state index in [9.17, 15) is 5.11 Å². The van der Waals surface area contributed by atoms with E-state index >= 15 is 0 Å². The van der Waals surface area contributed by atoms with Gasteiger partial charge in [-0.15, -0.1) is 0 Å². The zero-order chi connectivity index (χ0) is 15.1. The highest BCUT2D eigenvalue weighted by atomic mass is 16.5. The van der Waals surface area contributed by atoms with Crippen molar-refractivity contribution in [1.82, 2.24) is 5.32 Å². The van der Waals surface area contributed by atoms with Gasteiger partial charge in [0.2, 0.25) is 0 Å². The molecule has 0 bridgehead atoms. The number of hydrogen-bond donors (Lipinski definition) is 2. The van der Waals surface area contributed by atoms with E-state index in [4.69, 9.17) is 4.74 Å². The maximum Gasteiger partial charge on any atom is 0.0897 e. The molecule has 3 nitrogen and oxygen atoms in total. The quantitative estimate of drug-likeness (QED) is 0.676. The lowest BCUT2D eigenvalue weighted by atomic mass is 9.85. The molecule has 2 aliphatic rings. The van der Waals surface area contributed by atoms with Crippen molar-refractivity contribution in [2.45, 2.75) is 64.5 Å². The van der Waals surface area contributed by atoms with E-state index in [0.717, 1.165) is 25.4 Å². The van der Waals surface area contributed by atoms with Crippen LogP contribution in [0.5, 0.6) is 0 Å². The number of rotatable bonds is 8. The van der Waals surface area contributed by atoms with Gasteiger partial charge in [-0.05, 0) is 50.4 Å². The second-order valence-electron chi connectivity index (χ2n) is 7.11. The first kappa shape index (κ1) is 17.0. The highest BCUT2D eigenvalue weighted by molar-refractivity contribution is 4.93. The first-order valence-corrected chi connectivity index (χ1v) is 8.81. The number of allylic oxidation sites excluding steroid dienone is 2. The van der Waals surface area contributed by atoms with Gasteiger partial charge < -0.3 is 15.2 Å². The lowest BCUT2D eigenvalue weighted by Gasteiger charge is -2.26. The largest absolute Gasteiger partial charge is 0.389 e. The van der Waals surface area contributed by atoms with Crippen LogP contribution in [0.2, 0.25) is 0 Å². The van der Waals surface area contributed by atoms with Gasteiger partial charge in [0.1, 0.15) is 0 Å². The smallest absolute Gasteiger partial charge is 0.0897 e. The van der Waals surface area contributed by atoms with Crippen molar-refractivity contribution < 1.29 is 9.84 Å². The van der Waals surface area contributed by atoms with E-state index in [1.54, 1.807) is 0 Å². The van der Waals surface area contributed by atoms with Crippen molar-refractivity contribution in [2.75, 3.05) is 19.8 Å². The summed E-state index contributed by atoms with van der Waals surface area (Å²) >= 11 is 0. The van der Waals surface area contributed by atoms with Gasteiger partial charge in [0.05, 0.1) is 19.3 Å². The summed E-state index contributed by atoms with van der Waals surface area (Å²) < 4.78 is 5.74. The van der Waals surface area contributed by atoms with Gasteiger partial charge >= 0.3 is 0 Å².